The molecule has 1 saturated heterocycles. The molecule has 1 atom stereocenters. The monoisotopic (exact) mass is 501 g/mol. The van der Waals surface area contributed by atoms with Gasteiger partial charge in [0.2, 0.25) is 17.7 Å². The molecule has 0 bridgehead atoms. The van der Waals surface area contributed by atoms with Gasteiger partial charge in [0.15, 0.2) is 5.82 Å². The average Bonchev–Trinajstić information content (AvgIpc) is 3.35. The molecule has 37 heavy (non-hydrogen) atoms. The highest BCUT2D eigenvalue weighted by atomic mass is 16.5. The minimum Gasteiger partial charge on any atom is -0.366 e. The first-order valence-electron chi connectivity index (χ1n) is 13.3. The maximum absolute atomic E-state index is 12.7. The van der Waals surface area contributed by atoms with E-state index in [1.54, 1.807) is 12.1 Å². The summed E-state index contributed by atoms with van der Waals surface area (Å²) in [5.74, 6) is 1.58. The largest absolute Gasteiger partial charge is 0.366 e. The summed E-state index contributed by atoms with van der Waals surface area (Å²) in [4.78, 5) is 31.0. The predicted octanol–water partition coefficient (Wildman–Crippen LogP) is 3.99. The number of likely N-dealkylation sites (tertiary alicyclic amines) is 1. The molecule has 1 unspecified atom stereocenters. The van der Waals surface area contributed by atoms with Crippen molar-refractivity contribution < 1.29 is 14.1 Å². The van der Waals surface area contributed by atoms with Crippen LogP contribution in [0.25, 0.3) is 0 Å². The Bertz CT molecular complexity index is 1180. The molecule has 2 heterocycles. The molecule has 2 fully saturated rings. The van der Waals surface area contributed by atoms with Gasteiger partial charge >= 0.3 is 0 Å². The van der Waals surface area contributed by atoms with Crippen LogP contribution in [-0.2, 0) is 11.2 Å². The molecule has 1 saturated carbocycles. The van der Waals surface area contributed by atoms with Gasteiger partial charge in [0, 0.05) is 30.4 Å². The summed E-state index contributed by atoms with van der Waals surface area (Å²) in [6, 6.07) is 17.5. The van der Waals surface area contributed by atoms with Crippen molar-refractivity contribution in [2.24, 2.45) is 11.7 Å². The molecule has 2 amide bonds. The Morgan fingerprint density at radius 2 is 1.76 bits per heavy atom. The fourth-order valence-corrected chi connectivity index (χ4v) is 5.16. The molecule has 0 radical (unpaired) electrons. The summed E-state index contributed by atoms with van der Waals surface area (Å²) in [6.07, 6.45) is 6.58. The molecule has 8 nitrogen and oxygen atoms in total. The number of carbonyl (C=O) groups is 2. The van der Waals surface area contributed by atoms with E-state index in [9.17, 15) is 9.59 Å². The van der Waals surface area contributed by atoms with Gasteiger partial charge in [-0.05, 0) is 68.5 Å². The van der Waals surface area contributed by atoms with Gasteiger partial charge in [-0.25, -0.2) is 0 Å². The third kappa shape index (κ3) is 6.43. The Labute approximate surface area is 217 Å². The lowest BCUT2D eigenvalue weighted by Crippen LogP contribution is -2.39. The number of benzene rings is 2. The van der Waals surface area contributed by atoms with Crippen molar-refractivity contribution in [2.45, 2.75) is 56.9 Å². The van der Waals surface area contributed by atoms with Gasteiger partial charge in [-0.2, -0.15) is 4.98 Å². The van der Waals surface area contributed by atoms with E-state index in [1.165, 1.54) is 5.56 Å². The molecule has 2 aliphatic rings. The molecule has 1 aromatic heterocycles. The zero-order valence-electron chi connectivity index (χ0n) is 21.1. The molecular weight excluding hydrogens is 466 g/mol. The number of aromatic nitrogens is 2. The highest BCUT2D eigenvalue weighted by Gasteiger charge is 2.29. The van der Waals surface area contributed by atoms with Crippen LogP contribution in [0.15, 0.2) is 59.1 Å². The molecule has 194 valence electrons. The second kappa shape index (κ2) is 11.7. The Balaban J connectivity index is 1.11. The summed E-state index contributed by atoms with van der Waals surface area (Å²) in [6.45, 7) is 2.87. The highest BCUT2D eigenvalue weighted by molar-refractivity contribution is 5.92. The van der Waals surface area contributed by atoms with Gasteiger partial charge in [-0.3, -0.25) is 9.59 Å². The summed E-state index contributed by atoms with van der Waals surface area (Å²) >= 11 is 0. The maximum atomic E-state index is 12.7. The molecule has 5 rings (SSSR count). The van der Waals surface area contributed by atoms with Crippen LogP contribution in [0.3, 0.4) is 0 Å². The molecule has 3 N–H and O–H groups in total. The van der Waals surface area contributed by atoms with Crippen LogP contribution in [0.4, 0.5) is 0 Å². The quantitative estimate of drug-likeness (QED) is 0.434. The Morgan fingerprint density at radius 1 is 1.03 bits per heavy atom. The Hall–Kier alpha value is -3.52. The standard InChI is InChI=1S/C29H35N5O3/c30-27(35)22-11-9-20(10-12-22)19-26-32-29(37-33-26)24-13-16-34(17-14-24)18-15-25(21-5-2-1-3-6-21)31-28(36)23-7-4-8-23/h1-3,5-6,9-12,23-25H,4,7-8,13-19H2,(H2,30,35)(H,31,36). The van der Waals surface area contributed by atoms with E-state index < -0.39 is 5.91 Å². The summed E-state index contributed by atoms with van der Waals surface area (Å²) < 4.78 is 5.61. The lowest BCUT2D eigenvalue weighted by molar-refractivity contribution is -0.128. The van der Waals surface area contributed by atoms with Crippen LogP contribution in [0.5, 0.6) is 0 Å². The number of hydrogen-bond donors (Lipinski definition) is 2. The van der Waals surface area contributed by atoms with Crippen LogP contribution in [-0.4, -0.2) is 46.5 Å². The zero-order chi connectivity index (χ0) is 25.6. The first kappa shape index (κ1) is 25.1. The lowest BCUT2D eigenvalue weighted by atomic mass is 9.84. The summed E-state index contributed by atoms with van der Waals surface area (Å²) in [5, 5.41) is 7.50. The van der Waals surface area contributed by atoms with Crippen molar-refractivity contribution >= 4 is 11.8 Å². The van der Waals surface area contributed by atoms with E-state index in [2.05, 4.69) is 32.5 Å². The van der Waals surface area contributed by atoms with Crippen LogP contribution in [0.1, 0.15) is 83.7 Å². The van der Waals surface area contributed by atoms with Crippen LogP contribution < -0.4 is 11.1 Å². The van der Waals surface area contributed by atoms with Crippen molar-refractivity contribution in [1.29, 1.82) is 0 Å². The van der Waals surface area contributed by atoms with Gasteiger partial charge < -0.3 is 20.5 Å². The van der Waals surface area contributed by atoms with E-state index in [0.717, 1.165) is 63.7 Å². The number of amides is 2. The SMILES string of the molecule is NC(=O)c1ccc(Cc2noc(C3CCN(CCC(NC(=O)C4CCC4)c4ccccc4)CC3)n2)cc1. The molecule has 0 spiro atoms. The highest BCUT2D eigenvalue weighted by Crippen LogP contribution is 2.30. The van der Waals surface area contributed by atoms with Gasteiger partial charge in [0.05, 0.1) is 6.04 Å². The van der Waals surface area contributed by atoms with E-state index in [1.807, 2.05) is 30.3 Å². The van der Waals surface area contributed by atoms with Gasteiger partial charge in [0.1, 0.15) is 0 Å². The minimum atomic E-state index is -0.436. The maximum Gasteiger partial charge on any atom is 0.248 e. The second-order valence-corrected chi connectivity index (χ2v) is 10.3. The van der Waals surface area contributed by atoms with Crippen molar-refractivity contribution in [3.05, 3.63) is 83.0 Å². The normalized spacial score (nSPS) is 17.7. The number of primary amides is 1. The number of rotatable bonds is 10. The number of nitrogens with zero attached hydrogens (tertiary/aromatic N) is 3. The first-order valence-corrected chi connectivity index (χ1v) is 13.3. The van der Waals surface area contributed by atoms with E-state index >= 15 is 0 Å². The van der Waals surface area contributed by atoms with Crippen molar-refractivity contribution in [2.75, 3.05) is 19.6 Å². The molecule has 2 aromatic carbocycles. The number of nitrogens with one attached hydrogen (secondary N) is 1. The van der Waals surface area contributed by atoms with Crippen molar-refractivity contribution in [3.63, 3.8) is 0 Å². The Kier molecular flexibility index (Phi) is 7.94. The van der Waals surface area contributed by atoms with E-state index in [-0.39, 0.29) is 23.8 Å². The van der Waals surface area contributed by atoms with Crippen LogP contribution in [0.2, 0.25) is 0 Å². The smallest absolute Gasteiger partial charge is 0.248 e. The summed E-state index contributed by atoms with van der Waals surface area (Å²) in [5.41, 5.74) is 7.98. The zero-order valence-corrected chi connectivity index (χ0v) is 21.1. The van der Waals surface area contributed by atoms with Gasteiger partial charge in [0.25, 0.3) is 0 Å². The van der Waals surface area contributed by atoms with Crippen molar-refractivity contribution in [1.82, 2.24) is 20.4 Å². The van der Waals surface area contributed by atoms with Gasteiger partial charge in [-0.1, -0.05) is 54.0 Å². The minimum absolute atomic E-state index is 0.0440. The molecule has 8 heteroatoms. The fraction of sp³-hybridized carbons (Fsp3) is 0.448. The fourth-order valence-electron chi connectivity index (χ4n) is 5.16. The molecular formula is C29H35N5O3. The number of carbonyl (C=O) groups excluding carboxylic acids is 2. The topological polar surface area (TPSA) is 114 Å². The number of hydrogen-bond acceptors (Lipinski definition) is 6. The molecule has 1 aliphatic heterocycles. The van der Waals surface area contributed by atoms with Crippen LogP contribution in [0, 0.1) is 5.92 Å². The third-order valence-electron chi connectivity index (χ3n) is 7.75. The number of nitrogens with two attached hydrogens (primary N) is 1. The van der Waals surface area contributed by atoms with Gasteiger partial charge in [-0.15, -0.1) is 0 Å². The summed E-state index contributed by atoms with van der Waals surface area (Å²) in [7, 11) is 0. The molecule has 3 aromatic rings. The second-order valence-electron chi connectivity index (χ2n) is 10.3. The number of piperidine rings is 1. The molecule has 1 aliphatic carbocycles. The van der Waals surface area contributed by atoms with E-state index in [0.29, 0.717) is 23.7 Å². The van der Waals surface area contributed by atoms with Crippen molar-refractivity contribution in [3.8, 4) is 0 Å². The Morgan fingerprint density at radius 3 is 2.41 bits per heavy atom. The predicted molar refractivity (Wildman–Crippen MR) is 140 cm³/mol. The van der Waals surface area contributed by atoms with Crippen LogP contribution >= 0.6 is 0 Å². The lowest BCUT2D eigenvalue weighted by Gasteiger charge is -2.32. The first-order chi connectivity index (χ1) is 18.0. The van der Waals surface area contributed by atoms with E-state index in [4.69, 9.17) is 10.3 Å². The average molecular weight is 502 g/mol. The third-order valence-corrected chi connectivity index (χ3v) is 7.75.